The Labute approximate surface area is 130 Å². The lowest BCUT2D eigenvalue weighted by atomic mass is 9.82. The number of hydrogen-bond acceptors (Lipinski definition) is 3. The van der Waals surface area contributed by atoms with Gasteiger partial charge in [-0.05, 0) is 46.2 Å². The fraction of sp³-hybridized carbons (Fsp3) is 0.438. The highest BCUT2D eigenvalue weighted by atomic mass is 19.1. The SMILES string of the molecule is Cc1cccc(F)c1-n1cc(B2OC(C)(C)C(C)(C)O2)cn1. The molecule has 22 heavy (non-hydrogen) atoms. The van der Waals surface area contributed by atoms with E-state index in [2.05, 4.69) is 5.10 Å². The zero-order valence-electron chi connectivity index (χ0n) is 13.6. The summed E-state index contributed by atoms with van der Waals surface area (Å²) >= 11 is 0. The molecule has 0 amide bonds. The molecule has 0 atom stereocenters. The van der Waals surface area contributed by atoms with Crippen LogP contribution in [0.25, 0.3) is 5.69 Å². The number of benzene rings is 1. The Kier molecular flexibility index (Phi) is 3.42. The van der Waals surface area contributed by atoms with Crippen molar-refractivity contribution in [3.05, 3.63) is 42.0 Å². The molecule has 0 saturated carbocycles. The summed E-state index contributed by atoms with van der Waals surface area (Å²) in [5.74, 6) is -0.302. The Hall–Kier alpha value is -1.66. The second kappa shape index (κ2) is 4.93. The summed E-state index contributed by atoms with van der Waals surface area (Å²) in [6.07, 6.45) is 3.42. The third kappa shape index (κ3) is 2.36. The van der Waals surface area contributed by atoms with Crippen LogP contribution in [-0.2, 0) is 9.31 Å². The number of hydrogen-bond donors (Lipinski definition) is 0. The van der Waals surface area contributed by atoms with Crippen LogP contribution in [0.4, 0.5) is 4.39 Å². The Balaban J connectivity index is 1.93. The van der Waals surface area contributed by atoms with Gasteiger partial charge in [-0.1, -0.05) is 12.1 Å². The monoisotopic (exact) mass is 302 g/mol. The van der Waals surface area contributed by atoms with E-state index in [1.165, 1.54) is 10.7 Å². The van der Waals surface area contributed by atoms with Crippen LogP contribution < -0.4 is 5.46 Å². The molecular formula is C16H20BFN2O2. The van der Waals surface area contributed by atoms with Crippen molar-refractivity contribution in [2.45, 2.75) is 45.8 Å². The number of aryl methyl sites for hydroxylation is 1. The number of aromatic nitrogens is 2. The van der Waals surface area contributed by atoms with Gasteiger partial charge in [-0.2, -0.15) is 5.10 Å². The van der Waals surface area contributed by atoms with E-state index in [0.29, 0.717) is 5.69 Å². The minimum Gasteiger partial charge on any atom is -0.399 e. The van der Waals surface area contributed by atoms with Crippen LogP contribution in [0.2, 0.25) is 0 Å². The van der Waals surface area contributed by atoms with Gasteiger partial charge in [-0.3, -0.25) is 0 Å². The number of halogens is 1. The molecule has 0 spiro atoms. The van der Waals surface area contributed by atoms with E-state index in [4.69, 9.17) is 9.31 Å². The van der Waals surface area contributed by atoms with Gasteiger partial charge in [0.25, 0.3) is 0 Å². The molecule has 0 bridgehead atoms. The van der Waals surface area contributed by atoms with E-state index in [1.54, 1.807) is 18.5 Å². The topological polar surface area (TPSA) is 36.3 Å². The molecule has 2 heterocycles. The predicted molar refractivity (Wildman–Crippen MR) is 84.0 cm³/mol. The lowest BCUT2D eigenvalue weighted by Crippen LogP contribution is -2.41. The van der Waals surface area contributed by atoms with E-state index >= 15 is 0 Å². The molecule has 3 rings (SSSR count). The highest BCUT2D eigenvalue weighted by Gasteiger charge is 2.52. The second-order valence-electron chi connectivity index (χ2n) is 6.71. The van der Waals surface area contributed by atoms with Crippen LogP contribution >= 0.6 is 0 Å². The Morgan fingerprint density at radius 1 is 1.14 bits per heavy atom. The Bertz CT molecular complexity index is 676. The summed E-state index contributed by atoms with van der Waals surface area (Å²) in [6.45, 7) is 9.85. The van der Waals surface area contributed by atoms with Gasteiger partial charge >= 0.3 is 7.12 Å². The normalized spacial score (nSPS) is 19.6. The van der Waals surface area contributed by atoms with Crippen molar-refractivity contribution < 1.29 is 13.7 Å². The smallest absolute Gasteiger partial charge is 0.399 e. The van der Waals surface area contributed by atoms with Gasteiger partial charge in [-0.15, -0.1) is 0 Å². The van der Waals surface area contributed by atoms with E-state index < -0.39 is 18.3 Å². The highest BCUT2D eigenvalue weighted by Crippen LogP contribution is 2.36. The first kappa shape index (κ1) is 15.2. The van der Waals surface area contributed by atoms with Crippen molar-refractivity contribution in [1.29, 1.82) is 0 Å². The van der Waals surface area contributed by atoms with Gasteiger partial charge in [-0.25, -0.2) is 9.07 Å². The summed E-state index contributed by atoms with van der Waals surface area (Å²) in [6, 6.07) is 4.97. The van der Waals surface area contributed by atoms with Crippen molar-refractivity contribution in [3.8, 4) is 5.69 Å². The van der Waals surface area contributed by atoms with Crippen molar-refractivity contribution in [2.24, 2.45) is 0 Å². The van der Waals surface area contributed by atoms with Gasteiger partial charge in [0.15, 0.2) is 0 Å². The first-order valence-electron chi connectivity index (χ1n) is 7.37. The summed E-state index contributed by atoms with van der Waals surface area (Å²) < 4.78 is 27.6. The van der Waals surface area contributed by atoms with Crippen molar-refractivity contribution in [2.75, 3.05) is 0 Å². The zero-order valence-corrected chi connectivity index (χ0v) is 13.6. The fourth-order valence-electron chi connectivity index (χ4n) is 2.47. The molecular weight excluding hydrogens is 282 g/mol. The maximum absolute atomic E-state index is 14.0. The predicted octanol–water partition coefficient (Wildman–Crippen LogP) is 2.62. The third-order valence-corrected chi connectivity index (χ3v) is 4.55. The molecule has 0 unspecified atom stereocenters. The molecule has 0 radical (unpaired) electrons. The standard InChI is InChI=1S/C16H20BFN2O2/c1-11-7-6-8-13(18)14(11)20-10-12(9-19-20)17-21-15(2,3)16(4,5)22-17/h6-10H,1-5H3. The van der Waals surface area contributed by atoms with Crippen LogP contribution in [0.3, 0.4) is 0 Å². The summed E-state index contributed by atoms with van der Waals surface area (Å²) in [7, 11) is -0.495. The Morgan fingerprint density at radius 3 is 2.36 bits per heavy atom. The molecule has 6 heteroatoms. The summed E-state index contributed by atoms with van der Waals surface area (Å²) in [5, 5.41) is 4.26. The second-order valence-corrected chi connectivity index (χ2v) is 6.71. The van der Waals surface area contributed by atoms with Crippen LogP contribution in [-0.4, -0.2) is 28.1 Å². The molecule has 1 aromatic heterocycles. The van der Waals surface area contributed by atoms with Gasteiger partial charge in [0.2, 0.25) is 0 Å². The van der Waals surface area contributed by atoms with Crippen LogP contribution in [0.5, 0.6) is 0 Å². The van der Waals surface area contributed by atoms with Gasteiger partial charge in [0, 0.05) is 17.9 Å². The molecule has 1 aliphatic rings. The minimum atomic E-state index is -0.495. The Morgan fingerprint density at radius 2 is 1.77 bits per heavy atom. The average Bonchev–Trinajstić information content (AvgIpc) is 2.93. The molecule has 1 saturated heterocycles. The van der Waals surface area contributed by atoms with Crippen LogP contribution in [0.1, 0.15) is 33.3 Å². The first-order chi connectivity index (χ1) is 10.2. The molecule has 2 aromatic rings. The van der Waals surface area contributed by atoms with Crippen molar-refractivity contribution >= 4 is 12.6 Å². The van der Waals surface area contributed by atoms with E-state index in [9.17, 15) is 4.39 Å². The maximum atomic E-state index is 14.0. The van der Waals surface area contributed by atoms with Crippen molar-refractivity contribution in [1.82, 2.24) is 9.78 Å². The maximum Gasteiger partial charge on any atom is 0.498 e. The van der Waals surface area contributed by atoms with E-state index in [0.717, 1.165) is 11.0 Å². The third-order valence-electron chi connectivity index (χ3n) is 4.55. The molecule has 1 aliphatic heterocycles. The highest BCUT2D eigenvalue weighted by molar-refractivity contribution is 6.62. The summed E-state index contributed by atoms with van der Waals surface area (Å²) in [4.78, 5) is 0. The lowest BCUT2D eigenvalue weighted by Gasteiger charge is -2.32. The largest absolute Gasteiger partial charge is 0.498 e. The van der Waals surface area contributed by atoms with Gasteiger partial charge < -0.3 is 9.31 Å². The van der Waals surface area contributed by atoms with E-state index in [-0.39, 0.29) is 5.82 Å². The molecule has 0 N–H and O–H groups in total. The fourth-order valence-corrected chi connectivity index (χ4v) is 2.47. The first-order valence-corrected chi connectivity index (χ1v) is 7.37. The van der Waals surface area contributed by atoms with Crippen LogP contribution in [0.15, 0.2) is 30.6 Å². The molecule has 116 valence electrons. The number of rotatable bonds is 2. The number of nitrogens with zero attached hydrogens (tertiary/aromatic N) is 2. The van der Waals surface area contributed by atoms with Crippen LogP contribution in [0, 0.1) is 12.7 Å². The average molecular weight is 302 g/mol. The van der Waals surface area contributed by atoms with Gasteiger partial charge in [0.1, 0.15) is 11.5 Å². The summed E-state index contributed by atoms with van der Waals surface area (Å²) in [5.41, 5.74) is 1.23. The number of para-hydroxylation sites is 1. The quantitative estimate of drug-likeness (QED) is 0.800. The van der Waals surface area contributed by atoms with Crippen molar-refractivity contribution in [3.63, 3.8) is 0 Å². The van der Waals surface area contributed by atoms with E-state index in [1.807, 2.05) is 40.7 Å². The van der Waals surface area contributed by atoms with Gasteiger partial charge in [0.05, 0.1) is 11.2 Å². The molecule has 1 aromatic carbocycles. The minimum absolute atomic E-state index is 0.302. The molecule has 4 nitrogen and oxygen atoms in total. The lowest BCUT2D eigenvalue weighted by molar-refractivity contribution is 0.00578. The molecule has 1 fully saturated rings. The molecule has 0 aliphatic carbocycles. The zero-order chi connectivity index (χ0) is 16.1.